The third-order valence-electron chi connectivity index (χ3n) is 2.60. The largest absolute Gasteiger partial charge is 0.388 e. The van der Waals surface area contributed by atoms with E-state index in [4.69, 9.17) is 23.2 Å². The number of hydrogen-bond donors (Lipinski definition) is 1. The highest BCUT2D eigenvalue weighted by molar-refractivity contribution is 7.11. The Morgan fingerprint density at radius 3 is 2.61 bits per heavy atom. The van der Waals surface area contributed by atoms with E-state index >= 15 is 0 Å². The van der Waals surface area contributed by atoms with Crippen LogP contribution in [0.2, 0.25) is 10.0 Å². The van der Waals surface area contributed by atoms with Crippen LogP contribution < -0.4 is 0 Å². The molecular formula is C13H13Cl2NOS. The average molecular weight is 302 g/mol. The molecule has 0 aliphatic heterocycles. The molecule has 0 radical (unpaired) electrons. The number of aliphatic hydroxyl groups excluding tert-OH is 1. The van der Waals surface area contributed by atoms with E-state index in [1.807, 2.05) is 19.1 Å². The van der Waals surface area contributed by atoms with Crippen LogP contribution in [0.4, 0.5) is 0 Å². The minimum atomic E-state index is -0.468. The molecule has 0 saturated carbocycles. The van der Waals surface area contributed by atoms with Gasteiger partial charge in [0.05, 0.1) is 31.7 Å². The molecule has 0 saturated heterocycles. The van der Waals surface area contributed by atoms with Crippen molar-refractivity contribution in [3.8, 4) is 0 Å². The first-order valence-electron chi connectivity index (χ1n) is 5.55. The van der Waals surface area contributed by atoms with Gasteiger partial charge in [-0.2, -0.15) is 0 Å². The number of aromatic nitrogens is 1. The second-order valence-electron chi connectivity index (χ2n) is 4.16. The van der Waals surface area contributed by atoms with Crippen LogP contribution in [0.3, 0.4) is 0 Å². The quantitative estimate of drug-likeness (QED) is 0.911. The van der Waals surface area contributed by atoms with Crippen molar-refractivity contribution in [2.75, 3.05) is 0 Å². The van der Waals surface area contributed by atoms with E-state index in [0.29, 0.717) is 16.5 Å². The van der Waals surface area contributed by atoms with Gasteiger partial charge in [0.2, 0.25) is 0 Å². The van der Waals surface area contributed by atoms with Gasteiger partial charge in [-0.05, 0) is 31.5 Å². The van der Waals surface area contributed by atoms with Gasteiger partial charge in [-0.25, -0.2) is 4.98 Å². The highest BCUT2D eigenvalue weighted by atomic mass is 35.5. The molecule has 2 rings (SSSR count). The summed E-state index contributed by atoms with van der Waals surface area (Å²) in [7, 11) is 0. The molecule has 1 unspecified atom stereocenters. The Morgan fingerprint density at radius 1 is 1.33 bits per heavy atom. The van der Waals surface area contributed by atoms with Crippen molar-refractivity contribution in [2.24, 2.45) is 0 Å². The van der Waals surface area contributed by atoms with Crippen LogP contribution in [0.5, 0.6) is 0 Å². The summed E-state index contributed by atoms with van der Waals surface area (Å²) < 4.78 is 0. The predicted octanol–water partition coefficient (Wildman–Crippen LogP) is 4.40. The van der Waals surface area contributed by atoms with Gasteiger partial charge in [0.1, 0.15) is 0 Å². The Kier molecular flexibility index (Phi) is 4.28. The maximum atomic E-state index is 9.60. The van der Waals surface area contributed by atoms with Crippen LogP contribution >= 0.6 is 34.5 Å². The number of nitrogens with zero attached hydrogens (tertiary/aromatic N) is 1. The molecule has 1 atom stereocenters. The lowest BCUT2D eigenvalue weighted by atomic mass is 10.2. The Morgan fingerprint density at radius 2 is 2.06 bits per heavy atom. The van der Waals surface area contributed by atoms with E-state index in [-0.39, 0.29) is 0 Å². The van der Waals surface area contributed by atoms with Crippen LogP contribution in [-0.4, -0.2) is 10.1 Å². The van der Waals surface area contributed by atoms with Crippen molar-refractivity contribution >= 4 is 34.5 Å². The number of aryl methyl sites for hydroxylation is 1. The fourth-order valence-electron chi connectivity index (χ4n) is 1.75. The van der Waals surface area contributed by atoms with E-state index in [9.17, 15) is 5.11 Å². The lowest BCUT2D eigenvalue weighted by Gasteiger charge is -2.01. The van der Waals surface area contributed by atoms with Crippen LogP contribution in [0.25, 0.3) is 0 Å². The van der Waals surface area contributed by atoms with Crippen molar-refractivity contribution in [3.63, 3.8) is 0 Å². The molecule has 0 fully saturated rings. The average Bonchev–Trinajstić information content (AvgIpc) is 2.65. The molecule has 0 aliphatic carbocycles. The third kappa shape index (κ3) is 3.04. The molecule has 1 aromatic heterocycles. The molecule has 1 heterocycles. The van der Waals surface area contributed by atoms with Crippen LogP contribution in [0.15, 0.2) is 18.2 Å². The lowest BCUT2D eigenvalue weighted by molar-refractivity contribution is 0.202. The molecule has 5 heteroatoms. The van der Waals surface area contributed by atoms with Crippen molar-refractivity contribution in [3.05, 3.63) is 49.4 Å². The van der Waals surface area contributed by atoms with Gasteiger partial charge in [-0.15, -0.1) is 11.3 Å². The first kappa shape index (κ1) is 13.8. The summed E-state index contributed by atoms with van der Waals surface area (Å²) in [5.74, 6) is 0. The number of thiazole rings is 1. The van der Waals surface area contributed by atoms with Gasteiger partial charge in [-0.1, -0.05) is 29.3 Å². The summed E-state index contributed by atoms with van der Waals surface area (Å²) in [6.07, 6.45) is 0.236. The van der Waals surface area contributed by atoms with Crippen LogP contribution in [0.1, 0.15) is 34.2 Å². The van der Waals surface area contributed by atoms with E-state index in [0.717, 1.165) is 21.1 Å². The molecule has 2 nitrogen and oxygen atoms in total. The Labute approximate surface area is 120 Å². The molecule has 0 bridgehead atoms. The Balaban J connectivity index is 2.23. The summed E-state index contributed by atoms with van der Waals surface area (Å²) in [6.45, 7) is 3.67. The monoisotopic (exact) mass is 301 g/mol. The highest BCUT2D eigenvalue weighted by Gasteiger charge is 2.12. The predicted molar refractivity (Wildman–Crippen MR) is 76.8 cm³/mol. The second-order valence-corrected chi connectivity index (χ2v) is 6.09. The molecule has 0 amide bonds. The summed E-state index contributed by atoms with van der Waals surface area (Å²) in [6, 6.07) is 5.57. The standard InChI is InChI=1S/C13H13Cl2NOS/c1-7-13(8(2)17)18-12(16-7)6-9-3-4-10(14)11(15)5-9/h3-5,8,17H,6H2,1-2H3. The van der Waals surface area contributed by atoms with Gasteiger partial charge in [0.15, 0.2) is 0 Å². The third-order valence-corrected chi connectivity index (χ3v) is 4.66. The molecule has 18 heavy (non-hydrogen) atoms. The van der Waals surface area contributed by atoms with Crippen molar-refractivity contribution < 1.29 is 5.11 Å². The summed E-state index contributed by atoms with van der Waals surface area (Å²) >= 11 is 13.4. The van der Waals surface area contributed by atoms with Gasteiger partial charge in [0.25, 0.3) is 0 Å². The zero-order valence-electron chi connectivity index (χ0n) is 10.1. The molecule has 96 valence electrons. The van der Waals surface area contributed by atoms with Gasteiger partial charge in [-0.3, -0.25) is 0 Å². The first-order valence-corrected chi connectivity index (χ1v) is 7.13. The molecule has 1 aromatic carbocycles. The summed E-state index contributed by atoms with van der Waals surface area (Å²) in [4.78, 5) is 5.38. The fourth-order valence-corrected chi connectivity index (χ4v) is 3.11. The molecular weight excluding hydrogens is 289 g/mol. The minimum Gasteiger partial charge on any atom is -0.388 e. The Hall–Kier alpha value is -0.610. The van der Waals surface area contributed by atoms with Crippen molar-refractivity contribution in [1.82, 2.24) is 4.98 Å². The molecule has 1 N–H and O–H groups in total. The molecule has 0 spiro atoms. The maximum Gasteiger partial charge on any atom is 0.0975 e. The normalized spacial score (nSPS) is 12.7. The summed E-state index contributed by atoms with van der Waals surface area (Å²) in [5, 5.41) is 11.7. The molecule has 2 aromatic rings. The number of benzene rings is 1. The van der Waals surface area contributed by atoms with Crippen molar-refractivity contribution in [1.29, 1.82) is 0 Å². The van der Waals surface area contributed by atoms with Gasteiger partial charge >= 0.3 is 0 Å². The minimum absolute atomic E-state index is 0.468. The number of halogens is 2. The topological polar surface area (TPSA) is 33.1 Å². The Bertz CT molecular complexity index is 566. The number of rotatable bonds is 3. The molecule has 0 aliphatic rings. The maximum absolute atomic E-state index is 9.60. The zero-order chi connectivity index (χ0) is 13.3. The first-order chi connectivity index (χ1) is 8.47. The van der Waals surface area contributed by atoms with E-state index in [2.05, 4.69) is 4.98 Å². The fraction of sp³-hybridized carbons (Fsp3) is 0.308. The SMILES string of the molecule is Cc1nc(Cc2ccc(Cl)c(Cl)c2)sc1C(C)O. The van der Waals surface area contributed by atoms with E-state index in [1.165, 1.54) is 11.3 Å². The van der Waals surface area contributed by atoms with Crippen molar-refractivity contribution in [2.45, 2.75) is 26.4 Å². The smallest absolute Gasteiger partial charge is 0.0975 e. The summed E-state index contributed by atoms with van der Waals surface area (Å²) in [5.41, 5.74) is 1.96. The second kappa shape index (κ2) is 5.57. The van der Waals surface area contributed by atoms with Gasteiger partial charge < -0.3 is 5.11 Å². The lowest BCUT2D eigenvalue weighted by Crippen LogP contribution is -1.89. The number of aliphatic hydroxyl groups is 1. The van der Waals surface area contributed by atoms with Gasteiger partial charge in [0, 0.05) is 6.42 Å². The van der Waals surface area contributed by atoms with E-state index < -0.39 is 6.10 Å². The van der Waals surface area contributed by atoms with Crippen LogP contribution in [-0.2, 0) is 6.42 Å². The van der Waals surface area contributed by atoms with E-state index in [1.54, 1.807) is 13.0 Å². The zero-order valence-corrected chi connectivity index (χ0v) is 12.4. The number of hydrogen-bond acceptors (Lipinski definition) is 3. The highest BCUT2D eigenvalue weighted by Crippen LogP contribution is 2.28. The van der Waals surface area contributed by atoms with Crippen LogP contribution in [0, 0.1) is 6.92 Å².